The fourth-order valence-electron chi connectivity index (χ4n) is 2.57. The fraction of sp³-hybridized carbons (Fsp3) is 0.167. The highest BCUT2D eigenvalue weighted by Gasteiger charge is 2.17. The second-order valence-electron chi connectivity index (χ2n) is 5.17. The van der Waals surface area contributed by atoms with Crippen molar-refractivity contribution in [3.63, 3.8) is 0 Å². The SMILES string of the molecule is O=C(CC1=CCc2ccc(F)cc21)NCc1ccccc1. The summed E-state index contributed by atoms with van der Waals surface area (Å²) in [6.07, 6.45) is 3.08. The van der Waals surface area contributed by atoms with Crippen LogP contribution in [0.1, 0.15) is 23.1 Å². The molecule has 3 rings (SSSR count). The van der Waals surface area contributed by atoms with Crippen LogP contribution < -0.4 is 5.32 Å². The Balaban J connectivity index is 1.61. The molecule has 106 valence electrons. The molecule has 0 bridgehead atoms. The second kappa shape index (κ2) is 5.92. The molecule has 2 aromatic rings. The molecule has 1 N–H and O–H groups in total. The van der Waals surface area contributed by atoms with E-state index in [-0.39, 0.29) is 11.7 Å². The van der Waals surface area contributed by atoms with E-state index in [2.05, 4.69) is 5.32 Å². The van der Waals surface area contributed by atoms with Crippen molar-refractivity contribution in [3.8, 4) is 0 Å². The summed E-state index contributed by atoms with van der Waals surface area (Å²) in [4.78, 5) is 12.0. The summed E-state index contributed by atoms with van der Waals surface area (Å²) in [5, 5.41) is 2.90. The van der Waals surface area contributed by atoms with Crippen molar-refractivity contribution in [2.45, 2.75) is 19.4 Å². The van der Waals surface area contributed by atoms with Gasteiger partial charge in [-0.3, -0.25) is 4.79 Å². The standard InChI is InChI=1S/C18H16FNO/c19-16-9-8-14-6-7-15(17(14)11-16)10-18(21)20-12-13-4-2-1-3-5-13/h1-5,7-9,11H,6,10,12H2,(H,20,21). The molecular weight excluding hydrogens is 265 g/mol. The zero-order valence-corrected chi connectivity index (χ0v) is 11.6. The topological polar surface area (TPSA) is 29.1 Å². The summed E-state index contributed by atoms with van der Waals surface area (Å²) in [6.45, 7) is 0.517. The first-order valence-electron chi connectivity index (χ1n) is 7.01. The van der Waals surface area contributed by atoms with Crippen LogP contribution in [0.3, 0.4) is 0 Å². The van der Waals surface area contributed by atoms with E-state index in [4.69, 9.17) is 0 Å². The van der Waals surface area contributed by atoms with Gasteiger partial charge in [-0.15, -0.1) is 0 Å². The summed E-state index contributed by atoms with van der Waals surface area (Å²) >= 11 is 0. The normalized spacial score (nSPS) is 12.7. The van der Waals surface area contributed by atoms with Crippen LogP contribution in [0.25, 0.3) is 5.57 Å². The Morgan fingerprint density at radius 1 is 1.14 bits per heavy atom. The average molecular weight is 281 g/mol. The number of carbonyl (C=O) groups excluding carboxylic acids is 1. The molecule has 0 unspecified atom stereocenters. The van der Waals surface area contributed by atoms with E-state index >= 15 is 0 Å². The van der Waals surface area contributed by atoms with Gasteiger partial charge in [0.25, 0.3) is 0 Å². The van der Waals surface area contributed by atoms with Gasteiger partial charge >= 0.3 is 0 Å². The van der Waals surface area contributed by atoms with Crippen molar-refractivity contribution in [3.05, 3.63) is 77.1 Å². The van der Waals surface area contributed by atoms with Gasteiger partial charge in [-0.05, 0) is 40.8 Å². The quantitative estimate of drug-likeness (QED) is 0.913. The number of hydrogen-bond donors (Lipinski definition) is 1. The Hall–Kier alpha value is -2.42. The molecule has 0 atom stereocenters. The molecule has 2 aromatic carbocycles. The first kappa shape index (κ1) is 13.6. The van der Waals surface area contributed by atoms with Crippen molar-refractivity contribution in [2.24, 2.45) is 0 Å². The van der Waals surface area contributed by atoms with E-state index in [1.54, 1.807) is 6.07 Å². The maximum Gasteiger partial charge on any atom is 0.224 e. The van der Waals surface area contributed by atoms with Gasteiger partial charge in [0.05, 0.1) is 6.42 Å². The molecule has 0 fully saturated rings. The van der Waals surface area contributed by atoms with Crippen LogP contribution in [0.15, 0.2) is 54.6 Å². The molecular formula is C18H16FNO. The van der Waals surface area contributed by atoms with Gasteiger partial charge in [-0.25, -0.2) is 4.39 Å². The van der Waals surface area contributed by atoms with Crippen molar-refractivity contribution in [1.82, 2.24) is 5.32 Å². The van der Waals surface area contributed by atoms with Crippen LogP contribution in [-0.4, -0.2) is 5.91 Å². The van der Waals surface area contributed by atoms with Crippen LogP contribution in [-0.2, 0) is 17.8 Å². The number of carbonyl (C=O) groups is 1. The summed E-state index contributed by atoms with van der Waals surface area (Å²) in [6, 6.07) is 14.5. The summed E-state index contributed by atoms with van der Waals surface area (Å²) in [5.41, 5.74) is 3.93. The Kier molecular flexibility index (Phi) is 3.82. The molecule has 0 spiro atoms. The predicted molar refractivity (Wildman–Crippen MR) is 81.0 cm³/mol. The minimum Gasteiger partial charge on any atom is -0.352 e. The first-order chi connectivity index (χ1) is 10.2. The third-order valence-electron chi connectivity index (χ3n) is 3.67. The van der Waals surface area contributed by atoms with Crippen molar-refractivity contribution < 1.29 is 9.18 Å². The maximum absolute atomic E-state index is 13.3. The molecule has 1 amide bonds. The molecule has 21 heavy (non-hydrogen) atoms. The average Bonchev–Trinajstić information content (AvgIpc) is 2.88. The number of benzene rings is 2. The number of allylic oxidation sites excluding steroid dienone is 1. The Morgan fingerprint density at radius 2 is 1.95 bits per heavy atom. The van der Waals surface area contributed by atoms with Crippen molar-refractivity contribution in [2.75, 3.05) is 0 Å². The van der Waals surface area contributed by atoms with Crippen LogP contribution in [0.4, 0.5) is 4.39 Å². The van der Waals surface area contributed by atoms with Crippen molar-refractivity contribution in [1.29, 1.82) is 0 Å². The number of fused-ring (bicyclic) bond motifs is 1. The molecule has 0 radical (unpaired) electrons. The second-order valence-corrected chi connectivity index (χ2v) is 5.17. The Bertz CT molecular complexity index is 692. The highest BCUT2D eigenvalue weighted by molar-refractivity contribution is 5.90. The van der Waals surface area contributed by atoms with E-state index in [0.29, 0.717) is 13.0 Å². The number of hydrogen-bond acceptors (Lipinski definition) is 1. The van der Waals surface area contributed by atoms with Crippen LogP contribution in [0.5, 0.6) is 0 Å². The molecule has 0 saturated carbocycles. The highest BCUT2D eigenvalue weighted by atomic mass is 19.1. The number of halogens is 1. The number of nitrogens with one attached hydrogen (secondary N) is 1. The lowest BCUT2D eigenvalue weighted by molar-refractivity contribution is -0.120. The van der Waals surface area contributed by atoms with Gasteiger partial charge in [0, 0.05) is 6.54 Å². The fourth-order valence-corrected chi connectivity index (χ4v) is 2.57. The molecule has 3 heteroatoms. The monoisotopic (exact) mass is 281 g/mol. The van der Waals surface area contributed by atoms with Gasteiger partial charge < -0.3 is 5.32 Å². The van der Waals surface area contributed by atoms with E-state index in [1.165, 1.54) is 12.1 Å². The molecule has 0 aliphatic heterocycles. The van der Waals surface area contributed by atoms with Gasteiger partial charge in [0.15, 0.2) is 0 Å². The van der Waals surface area contributed by atoms with Gasteiger partial charge in [0.1, 0.15) is 5.82 Å². The van der Waals surface area contributed by atoms with Crippen LogP contribution >= 0.6 is 0 Å². The van der Waals surface area contributed by atoms with E-state index < -0.39 is 0 Å². The summed E-state index contributed by atoms with van der Waals surface area (Å²) < 4.78 is 13.3. The zero-order valence-electron chi connectivity index (χ0n) is 11.6. The lowest BCUT2D eigenvalue weighted by Crippen LogP contribution is -2.22. The summed E-state index contributed by atoms with van der Waals surface area (Å²) in [7, 11) is 0. The zero-order chi connectivity index (χ0) is 14.7. The lowest BCUT2D eigenvalue weighted by Gasteiger charge is -2.08. The van der Waals surface area contributed by atoms with Gasteiger partial charge in [0.2, 0.25) is 5.91 Å². The van der Waals surface area contributed by atoms with Gasteiger partial charge in [-0.2, -0.15) is 0 Å². The molecule has 0 heterocycles. The van der Waals surface area contributed by atoms with Crippen LogP contribution in [0.2, 0.25) is 0 Å². The third kappa shape index (κ3) is 3.19. The summed E-state index contributed by atoms with van der Waals surface area (Å²) in [5.74, 6) is -0.298. The minimum absolute atomic E-state index is 0.0396. The largest absolute Gasteiger partial charge is 0.352 e. The van der Waals surface area contributed by atoms with E-state index in [0.717, 1.165) is 28.7 Å². The van der Waals surface area contributed by atoms with E-state index in [9.17, 15) is 9.18 Å². The third-order valence-corrected chi connectivity index (χ3v) is 3.67. The molecule has 2 nitrogen and oxygen atoms in total. The highest BCUT2D eigenvalue weighted by Crippen LogP contribution is 2.30. The van der Waals surface area contributed by atoms with E-state index in [1.807, 2.05) is 36.4 Å². The molecule has 1 aliphatic rings. The lowest BCUT2D eigenvalue weighted by atomic mass is 10.0. The first-order valence-corrected chi connectivity index (χ1v) is 7.01. The Morgan fingerprint density at radius 3 is 2.76 bits per heavy atom. The number of amides is 1. The van der Waals surface area contributed by atoms with Gasteiger partial charge in [-0.1, -0.05) is 42.5 Å². The van der Waals surface area contributed by atoms with Crippen molar-refractivity contribution >= 4 is 11.5 Å². The molecule has 0 aromatic heterocycles. The Labute approximate surface area is 123 Å². The number of rotatable bonds is 4. The minimum atomic E-state index is -0.258. The maximum atomic E-state index is 13.3. The predicted octanol–water partition coefficient (Wildman–Crippen LogP) is 3.47. The van der Waals surface area contributed by atoms with Crippen LogP contribution in [0, 0.1) is 5.82 Å². The smallest absolute Gasteiger partial charge is 0.224 e. The molecule has 0 saturated heterocycles. The molecule has 1 aliphatic carbocycles.